The third-order valence-corrected chi connectivity index (χ3v) is 4.25. The minimum atomic E-state index is -0.433. The first-order valence-electron chi connectivity index (χ1n) is 8.09. The number of aromatic nitrogens is 1. The van der Waals surface area contributed by atoms with E-state index in [0.29, 0.717) is 5.75 Å². The number of ether oxygens (including phenoxy) is 1. The van der Waals surface area contributed by atoms with E-state index in [9.17, 15) is 9.59 Å². The van der Waals surface area contributed by atoms with Crippen molar-refractivity contribution in [2.24, 2.45) is 10.8 Å². The summed E-state index contributed by atoms with van der Waals surface area (Å²) in [5.41, 5.74) is 9.34. The summed E-state index contributed by atoms with van der Waals surface area (Å²) in [5.74, 6) is -0.223. The van der Waals surface area contributed by atoms with Crippen LogP contribution in [0, 0.1) is 0 Å². The number of carbonyl (C=O) groups is 2. The molecule has 8 heteroatoms. The second-order valence-corrected chi connectivity index (χ2v) is 6.65. The minimum Gasteiger partial charge on any atom is -0.484 e. The molecule has 1 heterocycles. The molecule has 0 aliphatic carbocycles. The number of hydrogen-bond donors (Lipinski definition) is 2. The van der Waals surface area contributed by atoms with Crippen molar-refractivity contribution in [1.29, 1.82) is 0 Å². The van der Waals surface area contributed by atoms with Gasteiger partial charge in [0, 0.05) is 27.1 Å². The predicted octanol–water partition coefficient (Wildman–Crippen LogP) is 2.42. The molecule has 2 amide bonds. The zero-order valence-corrected chi connectivity index (χ0v) is 15.8. The van der Waals surface area contributed by atoms with Crippen LogP contribution in [0.1, 0.15) is 5.56 Å². The van der Waals surface area contributed by atoms with Gasteiger partial charge in [-0.1, -0.05) is 34.1 Å². The summed E-state index contributed by atoms with van der Waals surface area (Å²) in [5, 5.41) is 4.87. The van der Waals surface area contributed by atoms with E-state index in [1.165, 1.54) is 6.21 Å². The Morgan fingerprint density at radius 3 is 2.67 bits per heavy atom. The van der Waals surface area contributed by atoms with E-state index in [1.807, 2.05) is 36.4 Å². The van der Waals surface area contributed by atoms with Gasteiger partial charge in [0.15, 0.2) is 6.61 Å². The molecule has 0 saturated heterocycles. The number of primary amides is 1. The number of fused-ring (bicyclic) bond motifs is 1. The molecular formula is C19H17BrN4O3. The van der Waals surface area contributed by atoms with E-state index < -0.39 is 5.91 Å². The normalized spacial score (nSPS) is 11.0. The van der Waals surface area contributed by atoms with Crippen molar-refractivity contribution < 1.29 is 14.3 Å². The number of carbonyl (C=O) groups excluding carboxylic acids is 2. The van der Waals surface area contributed by atoms with Crippen LogP contribution >= 0.6 is 15.9 Å². The van der Waals surface area contributed by atoms with Gasteiger partial charge < -0.3 is 15.0 Å². The third-order valence-electron chi connectivity index (χ3n) is 3.72. The highest BCUT2D eigenvalue weighted by Crippen LogP contribution is 2.20. The van der Waals surface area contributed by atoms with Gasteiger partial charge in [0.2, 0.25) is 5.91 Å². The Balaban J connectivity index is 1.63. The number of para-hydroxylation sites is 1. The first-order chi connectivity index (χ1) is 13.0. The third kappa shape index (κ3) is 4.95. The molecule has 7 nitrogen and oxygen atoms in total. The fraction of sp³-hybridized carbons (Fsp3) is 0.105. The summed E-state index contributed by atoms with van der Waals surface area (Å²) in [6, 6.07) is 14.7. The summed E-state index contributed by atoms with van der Waals surface area (Å²) in [4.78, 5) is 23.1. The molecule has 0 atom stereocenters. The maximum absolute atomic E-state index is 11.9. The zero-order valence-electron chi connectivity index (χ0n) is 14.3. The molecule has 27 heavy (non-hydrogen) atoms. The monoisotopic (exact) mass is 428 g/mol. The molecule has 0 fully saturated rings. The molecule has 1 aromatic heterocycles. The lowest BCUT2D eigenvalue weighted by Gasteiger charge is -2.04. The highest BCUT2D eigenvalue weighted by molar-refractivity contribution is 9.10. The number of halogens is 1. The van der Waals surface area contributed by atoms with Crippen molar-refractivity contribution in [2.75, 3.05) is 6.61 Å². The van der Waals surface area contributed by atoms with Crippen LogP contribution in [-0.2, 0) is 16.1 Å². The Bertz CT molecular complexity index is 996. The first-order valence-corrected chi connectivity index (χ1v) is 8.88. The number of nitrogens with zero attached hydrogens (tertiary/aromatic N) is 2. The number of amides is 2. The Labute approximate surface area is 163 Å². The van der Waals surface area contributed by atoms with E-state index in [-0.39, 0.29) is 19.1 Å². The standard InChI is InChI=1S/C19H17BrN4O3/c20-14-5-7-15(8-6-14)27-12-19(26)23-22-9-13-10-24(11-18(21)25)17-4-2-1-3-16(13)17/h1-10H,11-12H2,(H2,21,25)(H,23,26)/b22-9-. The lowest BCUT2D eigenvalue weighted by atomic mass is 10.2. The zero-order chi connectivity index (χ0) is 19.2. The molecule has 3 N–H and O–H groups in total. The average Bonchev–Trinajstić information content (AvgIpc) is 2.98. The van der Waals surface area contributed by atoms with Crippen LogP contribution in [0.2, 0.25) is 0 Å². The molecule has 3 aromatic rings. The summed E-state index contributed by atoms with van der Waals surface area (Å²) in [6.07, 6.45) is 3.29. The minimum absolute atomic E-state index is 0.0712. The number of rotatable bonds is 7. The van der Waals surface area contributed by atoms with E-state index in [4.69, 9.17) is 10.5 Å². The van der Waals surface area contributed by atoms with Crippen molar-refractivity contribution in [3.8, 4) is 5.75 Å². The van der Waals surface area contributed by atoms with Gasteiger partial charge in [-0.15, -0.1) is 0 Å². The molecule has 0 saturated carbocycles. The van der Waals surface area contributed by atoms with Crippen molar-refractivity contribution in [1.82, 2.24) is 9.99 Å². The molecule has 0 aliphatic heterocycles. The second-order valence-electron chi connectivity index (χ2n) is 5.73. The maximum Gasteiger partial charge on any atom is 0.277 e. The molecule has 0 radical (unpaired) electrons. The number of nitrogens with one attached hydrogen (secondary N) is 1. The fourth-order valence-electron chi connectivity index (χ4n) is 2.56. The van der Waals surface area contributed by atoms with Crippen LogP contribution < -0.4 is 15.9 Å². The van der Waals surface area contributed by atoms with Crippen molar-refractivity contribution in [3.63, 3.8) is 0 Å². The van der Waals surface area contributed by atoms with E-state index in [1.54, 1.807) is 22.9 Å². The number of hydrazone groups is 1. The van der Waals surface area contributed by atoms with Gasteiger partial charge in [-0.05, 0) is 30.3 Å². The molecule has 0 spiro atoms. The van der Waals surface area contributed by atoms with Gasteiger partial charge in [0.05, 0.1) is 6.21 Å². The molecule has 0 bridgehead atoms. The van der Waals surface area contributed by atoms with Crippen LogP contribution in [0.3, 0.4) is 0 Å². The lowest BCUT2D eigenvalue weighted by molar-refractivity contribution is -0.123. The topological polar surface area (TPSA) is 98.7 Å². The molecular weight excluding hydrogens is 412 g/mol. The number of nitrogens with two attached hydrogens (primary N) is 1. The quantitative estimate of drug-likeness (QED) is 0.446. The van der Waals surface area contributed by atoms with Gasteiger partial charge in [-0.3, -0.25) is 9.59 Å². The van der Waals surface area contributed by atoms with E-state index >= 15 is 0 Å². The van der Waals surface area contributed by atoms with Crippen LogP contribution in [0.25, 0.3) is 10.9 Å². The van der Waals surface area contributed by atoms with Crippen LogP contribution in [-0.4, -0.2) is 29.2 Å². The molecule has 2 aromatic carbocycles. The Kier molecular flexibility index (Phi) is 5.87. The summed E-state index contributed by atoms with van der Waals surface area (Å²) < 4.78 is 8.06. The summed E-state index contributed by atoms with van der Waals surface area (Å²) >= 11 is 3.33. The molecule has 138 valence electrons. The van der Waals surface area contributed by atoms with Gasteiger partial charge in [0.25, 0.3) is 5.91 Å². The predicted molar refractivity (Wildman–Crippen MR) is 107 cm³/mol. The van der Waals surface area contributed by atoms with Crippen molar-refractivity contribution >= 4 is 44.9 Å². The highest BCUT2D eigenvalue weighted by atomic mass is 79.9. The van der Waals surface area contributed by atoms with Gasteiger partial charge in [-0.25, -0.2) is 5.43 Å². The summed E-state index contributed by atoms with van der Waals surface area (Å²) in [6.45, 7) is -0.0792. The van der Waals surface area contributed by atoms with E-state index in [2.05, 4.69) is 26.5 Å². The number of benzene rings is 2. The van der Waals surface area contributed by atoms with Crippen LogP contribution in [0.5, 0.6) is 5.75 Å². The largest absolute Gasteiger partial charge is 0.484 e. The molecule has 3 rings (SSSR count). The van der Waals surface area contributed by atoms with Gasteiger partial charge >= 0.3 is 0 Å². The molecule has 0 unspecified atom stereocenters. The maximum atomic E-state index is 11.9. The second kappa shape index (κ2) is 8.50. The average molecular weight is 429 g/mol. The smallest absolute Gasteiger partial charge is 0.277 e. The van der Waals surface area contributed by atoms with E-state index in [0.717, 1.165) is 20.9 Å². The molecule has 0 aliphatic rings. The highest BCUT2D eigenvalue weighted by Gasteiger charge is 2.08. The Hall–Kier alpha value is -3.13. The van der Waals surface area contributed by atoms with Crippen molar-refractivity contribution in [2.45, 2.75) is 6.54 Å². The van der Waals surface area contributed by atoms with Gasteiger partial charge in [-0.2, -0.15) is 5.10 Å². The van der Waals surface area contributed by atoms with Crippen molar-refractivity contribution in [3.05, 3.63) is 64.8 Å². The number of hydrogen-bond acceptors (Lipinski definition) is 4. The lowest BCUT2D eigenvalue weighted by Crippen LogP contribution is -2.24. The van der Waals surface area contributed by atoms with Crippen LogP contribution in [0.4, 0.5) is 0 Å². The SMILES string of the molecule is NC(=O)Cn1cc(/C=N\NC(=O)COc2ccc(Br)cc2)c2ccccc21. The van der Waals surface area contributed by atoms with Crippen LogP contribution in [0.15, 0.2) is 64.3 Å². The van der Waals surface area contributed by atoms with Gasteiger partial charge in [0.1, 0.15) is 12.3 Å². The Morgan fingerprint density at radius 2 is 1.93 bits per heavy atom. The first kappa shape index (κ1) is 18.7. The summed E-state index contributed by atoms with van der Waals surface area (Å²) in [7, 11) is 0. The Morgan fingerprint density at radius 1 is 1.19 bits per heavy atom. The fourth-order valence-corrected chi connectivity index (χ4v) is 2.83.